The number of ether oxygens (including phenoxy) is 1. The van der Waals surface area contributed by atoms with Gasteiger partial charge < -0.3 is 13.8 Å². The normalized spacial score (nSPS) is 12.4. The zero-order chi connectivity index (χ0) is 22.6. The summed E-state index contributed by atoms with van der Waals surface area (Å²) in [5.74, 6) is -1.59. The molecule has 0 aliphatic carbocycles. The van der Waals surface area contributed by atoms with Crippen LogP contribution in [0.4, 0.5) is 26.3 Å². The van der Waals surface area contributed by atoms with Crippen LogP contribution in [-0.2, 0) is 26.4 Å². The van der Waals surface area contributed by atoms with E-state index in [0.717, 1.165) is 24.3 Å². The molecule has 0 aliphatic heterocycles. The van der Waals surface area contributed by atoms with Gasteiger partial charge in [-0.25, -0.2) is 4.57 Å². The van der Waals surface area contributed by atoms with Crippen LogP contribution in [0.15, 0.2) is 48.5 Å². The molecule has 30 heavy (non-hydrogen) atoms. The fraction of sp³-hybridized carbons (Fsp3) is 0.278. The van der Waals surface area contributed by atoms with Crippen LogP contribution in [0, 0.1) is 0 Å². The van der Waals surface area contributed by atoms with Crippen molar-refractivity contribution in [1.29, 1.82) is 0 Å². The smallest absolute Gasteiger partial charge is 0.441 e. The first-order chi connectivity index (χ1) is 13.8. The molecule has 0 aliphatic rings. The second kappa shape index (κ2) is 8.99. The molecule has 0 spiro atoms. The highest BCUT2D eigenvalue weighted by Crippen LogP contribution is 2.49. The minimum Gasteiger partial charge on any atom is -0.465 e. The molecule has 2 rings (SSSR count). The number of benzene rings is 2. The maximum absolute atomic E-state index is 13.0. The average molecular weight is 456 g/mol. The molecule has 0 saturated heterocycles. The van der Waals surface area contributed by atoms with Crippen molar-refractivity contribution < 1.29 is 49.5 Å². The molecule has 0 unspecified atom stereocenters. The van der Waals surface area contributed by atoms with Gasteiger partial charge in [0.25, 0.3) is 0 Å². The molecule has 5 nitrogen and oxygen atoms in total. The van der Waals surface area contributed by atoms with Gasteiger partial charge in [0.05, 0.1) is 17.7 Å². The minimum absolute atomic E-state index is 0.0562. The number of carbonyl (C=O) groups excluding carboxylic acids is 1. The first-order valence-corrected chi connectivity index (χ1v) is 10.0. The van der Waals surface area contributed by atoms with Gasteiger partial charge in [0.15, 0.2) is 6.16 Å². The van der Waals surface area contributed by atoms with Crippen LogP contribution in [0.5, 0.6) is 11.5 Å². The predicted octanol–water partition coefficient (Wildman–Crippen LogP) is 5.94. The highest BCUT2D eigenvalue weighted by atomic mass is 31.2. The lowest BCUT2D eigenvalue weighted by Gasteiger charge is -2.20. The van der Waals surface area contributed by atoms with Crippen LogP contribution in [0.1, 0.15) is 18.1 Å². The monoisotopic (exact) mass is 456 g/mol. The Balaban J connectivity index is 2.27. The molecular formula is C18H15F6O5P. The Hall–Kier alpha value is -2.68. The Kier molecular flexibility index (Phi) is 7.07. The third-order valence-corrected chi connectivity index (χ3v) is 5.10. The minimum atomic E-state index is -4.61. The van der Waals surface area contributed by atoms with Crippen LogP contribution in [0.2, 0.25) is 0 Å². The van der Waals surface area contributed by atoms with Crippen molar-refractivity contribution in [1.82, 2.24) is 0 Å². The third-order valence-electron chi connectivity index (χ3n) is 3.48. The van der Waals surface area contributed by atoms with Crippen molar-refractivity contribution in [2.75, 3.05) is 12.8 Å². The number of carbonyl (C=O) groups is 1. The molecule has 0 heterocycles. The summed E-state index contributed by atoms with van der Waals surface area (Å²) in [4.78, 5) is 11.8. The van der Waals surface area contributed by atoms with E-state index in [1.54, 1.807) is 0 Å². The van der Waals surface area contributed by atoms with Crippen molar-refractivity contribution in [2.24, 2.45) is 0 Å². The summed E-state index contributed by atoms with van der Waals surface area (Å²) >= 11 is 0. The summed E-state index contributed by atoms with van der Waals surface area (Å²) in [6.07, 6.45) is -10.1. The van der Waals surface area contributed by atoms with Crippen molar-refractivity contribution in [2.45, 2.75) is 19.3 Å². The molecular weight excluding hydrogens is 441 g/mol. The largest absolute Gasteiger partial charge is 0.465 e. The molecule has 0 amide bonds. The van der Waals surface area contributed by atoms with Gasteiger partial charge in [0, 0.05) is 0 Å². The van der Waals surface area contributed by atoms with Gasteiger partial charge in [0.1, 0.15) is 11.5 Å². The van der Waals surface area contributed by atoms with Gasteiger partial charge in [0.2, 0.25) is 0 Å². The number of alkyl halides is 6. The molecule has 0 bridgehead atoms. The van der Waals surface area contributed by atoms with E-state index < -0.39 is 43.2 Å². The second-order valence-corrected chi connectivity index (χ2v) is 7.70. The van der Waals surface area contributed by atoms with Gasteiger partial charge in [-0.15, -0.1) is 0 Å². The maximum Gasteiger partial charge on any atom is 0.441 e. The predicted molar refractivity (Wildman–Crippen MR) is 93.3 cm³/mol. The number of hydrogen-bond acceptors (Lipinski definition) is 5. The molecule has 2 aromatic carbocycles. The van der Waals surface area contributed by atoms with Gasteiger partial charge in [-0.05, 0) is 55.5 Å². The van der Waals surface area contributed by atoms with Gasteiger partial charge in [-0.3, -0.25) is 4.79 Å². The van der Waals surface area contributed by atoms with Gasteiger partial charge >= 0.3 is 25.9 Å². The summed E-state index contributed by atoms with van der Waals surface area (Å²) in [5, 5.41) is 0. The van der Waals surface area contributed by atoms with E-state index in [4.69, 9.17) is 9.05 Å². The van der Waals surface area contributed by atoms with Crippen molar-refractivity contribution in [3.63, 3.8) is 0 Å². The number of rotatable bonds is 7. The summed E-state index contributed by atoms with van der Waals surface area (Å²) < 4.78 is 104. The molecule has 0 fully saturated rings. The fourth-order valence-corrected chi connectivity index (χ4v) is 3.64. The second-order valence-electron chi connectivity index (χ2n) is 5.80. The highest BCUT2D eigenvalue weighted by Gasteiger charge is 2.35. The van der Waals surface area contributed by atoms with Crippen LogP contribution in [-0.4, -0.2) is 18.7 Å². The zero-order valence-corrected chi connectivity index (χ0v) is 16.2. The Morgan fingerprint density at radius 2 is 1.17 bits per heavy atom. The molecule has 2 aromatic rings. The van der Waals surface area contributed by atoms with Crippen LogP contribution in [0.3, 0.4) is 0 Å². The number of hydrogen-bond donors (Lipinski definition) is 0. The summed E-state index contributed by atoms with van der Waals surface area (Å²) in [5.41, 5.74) is -1.97. The molecule has 0 N–H and O–H groups in total. The van der Waals surface area contributed by atoms with E-state index >= 15 is 0 Å². The van der Waals surface area contributed by atoms with E-state index in [9.17, 15) is 35.7 Å². The number of halogens is 6. The molecule has 164 valence electrons. The molecule has 0 saturated carbocycles. The van der Waals surface area contributed by atoms with Crippen molar-refractivity contribution in [3.05, 3.63) is 59.7 Å². The first kappa shape index (κ1) is 23.6. The lowest BCUT2D eigenvalue weighted by molar-refractivity contribution is -0.140. The summed E-state index contributed by atoms with van der Waals surface area (Å²) in [6.45, 7) is 1.43. The molecule has 0 atom stereocenters. The third kappa shape index (κ3) is 6.69. The lowest BCUT2D eigenvalue weighted by atomic mass is 10.2. The topological polar surface area (TPSA) is 61.8 Å². The van der Waals surface area contributed by atoms with Crippen LogP contribution < -0.4 is 9.05 Å². The quantitative estimate of drug-likeness (QED) is 0.293. The first-order valence-electron chi connectivity index (χ1n) is 8.31. The molecule has 0 aromatic heterocycles. The molecule has 12 heteroatoms. The van der Waals surface area contributed by atoms with Crippen molar-refractivity contribution in [3.8, 4) is 11.5 Å². The van der Waals surface area contributed by atoms with Gasteiger partial charge in [-0.1, -0.05) is 0 Å². The van der Waals surface area contributed by atoms with E-state index in [0.29, 0.717) is 24.3 Å². The SMILES string of the molecule is CCOC(=O)CP(=O)(Oc1ccc(C(F)(F)F)cc1)Oc1ccc(C(F)(F)F)cc1. The van der Waals surface area contributed by atoms with Crippen LogP contribution in [0.25, 0.3) is 0 Å². The highest BCUT2D eigenvalue weighted by molar-refractivity contribution is 7.55. The van der Waals surface area contributed by atoms with Crippen molar-refractivity contribution >= 4 is 13.6 Å². The van der Waals surface area contributed by atoms with Gasteiger partial charge in [-0.2, -0.15) is 26.3 Å². The fourth-order valence-electron chi connectivity index (χ4n) is 2.18. The Bertz CT molecular complexity index is 843. The standard InChI is InChI=1S/C18H15F6O5P/c1-2-27-16(25)11-30(26,28-14-7-3-12(4-8-14)17(19,20)21)29-15-9-5-13(6-10-15)18(22,23)24/h3-10H,2,11H2,1H3. The van der Waals surface area contributed by atoms with E-state index in [1.807, 2.05) is 0 Å². The molecule has 0 radical (unpaired) electrons. The van der Waals surface area contributed by atoms with Crippen LogP contribution >= 0.6 is 7.60 Å². The maximum atomic E-state index is 13.0. The summed E-state index contributed by atoms with van der Waals surface area (Å²) in [6, 6.07) is 6.16. The van der Waals surface area contributed by atoms with E-state index in [2.05, 4.69) is 4.74 Å². The zero-order valence-electron chi connectivity index (χ0n) is 15.3. The summed E-state index contributed by atoms with van der Waals surface area (Å²) in [7, 11) is -4.40. The Morgan fingerprint density at radius 3 is 1.47 bits per heavy atom. The Labute approximate surface area is 167 Å². The van der Waals surface area contributed by atoms with E-state index in [1.165, 1.54) is 6.92 Å². The Morgan fingerprint density at radius 1 is 0.800 bits per heavy atom. The lowest BCUT2D eigenvalue weighted by Crippen LogP contribution is -2.16. The average Bonchev–Trinajstić information content (AvgIpc) is 2.60. The van der Waals surface area contributed by atoms with E-state index in [-0.39, 0.29) is 18.1 Å². The number of esters is 1.